The quantitative estimate of drug-likeness (QED) is 0.857. The average molecular weight is 295 g/mol. The molecule has 1 amide bonds. The molecule has 20 heavy (non-hydrogen) atoms. The lowest BCUT2D eigenvalue weighted by atomic mass is 10.1. The molecule has 0 saturated carbocycles. The van der Waals surface area contributed by atoms with Gasteiger partial charge in [-0.1, -0.05) is 44.2 Å². The molecule has 0 radical (unpaired) electrons. The molecule has 4 nitrogen and oxygen atoms in total. The van der Waals surface area contributed by atoms with Crippen LogP contribution in [-0.4, -0.2) is 38.1 Å². The lowest BCUT2D eigenvalue weighted by Crippen LogP contribution is -2.45. The molecule has 1 unspecified atom stereocenters. The first-order valence-electron chi connectivity index (χ1n) is 6.94. The van der Waals surface area contributed by atoms with Gasteiger partial charge in [0.2, 0.25) is 5.91 Å². The van der Waals surface area contributed by atoms with E-state index in [2.05, 4.69) is 0 Å². The Bertz CT molecular complexity index is 566. The number of nitrogens with zero attached hydrogens (tertiary/aromatic N) is 1. The molecule has 0 aliphatic carbocycles. The number of rotatable bonds is 3. The van der Waals surface area contributed by atoms with Gasteiger partial charge in [-0.2, -0.15) is 0 Å². The van der Waals surface area contributed by atoms with Crippen LogP contribution in [0.3, 0.4) is 0 Å². The van der Waals surface area contributed by atoms with Gasteiger partial charge in [0.15, 0.2) is 9.84 Å². The molecule has 0 N–H and O–H groups in total. The monoisotopic (exact) mass is 295 g/mol. The molecule has 0 spiro atoms. The van der Waals surface area contributed by atoms with E-state index in [-0.39, 0.29) is 24.1 Å². The zero-order chi connectivity index (χ0) is 14.8. The van der Waals surface area contributed by atoms with Crippen LogP contribution in [0.5, 0.6) is 0 Å². The predicted molar refractivity (Wildman–Crippen MR) is 79.0 cm³/mol. The summed E-state index contributed by atoms with van der Waals surface area (Å²) in [5, 5.41) is -0.589. The highest BCUT2D eigenvalue weighted by molar-refractivity contribution is 7.91. The van der Waals surface area contributed by atoms with Crippen molar-refractivity contribution in [3.8, 4) is 0 Å². The Hall–Kier alpha value is -1.36. The Morgan fingerprint density at radius 3 is 2.55 bits per heavy atom. The van der Waals surface area contributed by atoms with Crippen molar-refractivity contribution in [2.45, 2.75) is 25.5 Å². The van der Waals surface area contributed by atoms with E-state index in [4.69, 9.17) is 0 Å². The van der Waals surface area contributed by atoms with E-state index in [1.807, 2.05) is 44.2 Å². The van der Waals surface area contributed by atoms with E-state index in [1.165, 1.54) is 0 Å². The minimum absolute atomic E-state index is 0.0517. The third kappa shape index (κ3) is 3.39. The van der Waals surface area contributed by atoms with Crippen molar-refractivity contribution >= 4 is 15.7 Å². The Morgan fingerprint density at radius 2 is 1.95 bits per heavy atom. The smallest absolute Gasteiger partial charge is 0.222 e. The minimum Gasteiger partial charge on any atom is -0.340 e. The Balaban J connectivity index is 2.19. The second kappa shape index (κ2) is 5.95. The Labute approximate surface area is 120 Å². The zero-order valence-electron chi connectivity index (χ0n) is 12.0. The topological polar surface area (TPSA) is 54.5 Å². The molecule has 5 heteroatoms. The van der Waals surface area contributed by atoms with Crippen LogP contribution in [0.2, 0.25) is 0 Å². The van der Waals surface area contributed by atoms with Crippen LogP contribution in [-0.2, 0) is 14.6 Å². The highest BCUT2D eigenvalue weighted by atomic mass is 32.2. The first-order valence-corrected chi connectivity index (χ1v) is 8.66. The summed E-state index contributed by atoms with van der Waals surface area (Å²) < 4.78 is 24.5. The fourth-order valence-corrected chi connectivity index (χ4v) is 4.21. The van der Waals surface area contributed by atoms with Gasteiger partial charge >= 0.3 is 0 Å². The van der Waals surface area contributed by atoms with Crippen LogP contribution in [0.25, 0.3) is 0 Å². The van der Waals surface area contributed by atoms with Gasteiger partial charge in [-0.05, 0) is 11.5 Å². The first kappa shape index (κ1) is 15.0. The number of carbonyl (C=O) groups excluding carboxylic acids is 1. The predicted octanol–water partition coefficient (Wildman–Crippen LogP) is 2.03. The third-order valence-electron chi connectivity index (χ3n) is 3.57. The van der Waals surface area contributed by atoms with E-state index < -0.39 is 15.1 Å². The van der Waals surface area contributed by atoms with Crippen molar-refractivity contribution in [2.75, 3.05) is 18.8 Å². The second-order valence-corrected chi connectivity index (χ2v) is 8.01. The molecule has 1 fully saturated rings. The van der Waals surface area contributed by atoms with Crippen molar-refractivity contribution in [1.29, 1.82) is 0 Å². The summed E-state index contributed by atoms with van der Waals surface area (Å²) in [4.78, 5) is 13.8. The minimum atomic E-state index is -3.17. The average Bonchev–Trinajstić information content (AvgIpc) is 2.38. The van der Waals surface area contributed by atoms with E-state index in [0.29, 0.717) is 13.0 Å². The van der Waals surface area contributed by atoms with Crippen LogP contribution in [0.4, 0.5) is 0 Å². The first-order chi connectivity index (χ1) is 9.40. The van der Waals surface area contributed by atoms with E-state index in [1.54, 1.807) is 4.90 Å². The maximum Gasteiger partial charge on any atom is 0.222 e. The number of benzene rings is 1. The standard InChI is InChI=1S/C15H21NO3S/c1-12(2)10-15(17)16-8-9-20(18,19)14(11-16)13-6-4-3-5-7-13/h3-7,12,14H,8-11H2,1-2H3. The molecule has 0 bridgehead atoms. The highest BCUT2D eigenvalue weighted by Gasteiger charge is 2.35. The van der Waals surface area contributed by atoms with Gasteiger partial charge < -0.3 is 4.90 Å². The molecule has 1 saturated heterocycles. The van der Waals surface area contributed by atoms with Crippen molar-refractivity contribution in [1.82, 2.24) is 4.90 Å². The highest BCUT2D eigenvalue weighted by Crippen LogP contribution is 2.28. The van der Waals surface area contributed by atoms with Crippen LogP contribution < -0.4 is 0 Å². The van der Waals surface area contributed by atoms with Crippen molar-refractivity contribution in [2.24, 2.45) is 5.92 Å². The molecule has 1 atom stereocenters. The summed E-state index contributed by atoms with van der Waals surface area (Å²) in [5.74, 6) is 0.392. The summed E-state index contributed by atoms with van der Waals surface area (Å²) in [6, 6.07) is 9.16. The molecule has 0 aromatic heterocycles. The summed E-state index contributed by atoms with van der Waals surface area (Å²) >= 11 is 0. The van der Waals surface area contributed by atoms with Crippen molar-refractivity contribution in [3.05, 3.63) is 35.9 Å². The molecule has 1 heterocycles. The number of sulfone groups is 1. The summed E-state index contributed by atoms with van der Waals surface area (Å²) in [6.45, 7) is 4.58. The van der Waals surface area contributed by atoms with Gasteiger partial charge in [-0.3, -0.25) is 4.79 Å². The zero-order valence-corrected chi connectivity index (χ0v) is 12.8. The summed E-state index contributed by atoms with van der Waals surface area (Å²) in [5.41, 5.74) is 0.773. The number of carbonyl (C=O) groups is 1. The maximum absolute atomic E-state index is 12.2. The molecule has 1 aromatic carbocycles. The van der Waals surface area contributed by atoms with Crippen LogP contribution in [0, 0.1) is 5.92 Å². The number of hydrogen-bond donors (Lipinski definition) is 0. The van der Waals surface area contributed by atoms with Gasteiger partial charge in [-0.25, -0.2) is 8.42 Å². The molecular formula is C15H21NO3S. The van der Waals surface area contributed by atoms with Crippen molar-refractivity contribution < 1.29 is 13.2 Å². The van der Waals surface area contributed by atoms with Crippen LogP contribution in [0.15, 0.2) is 30.3 Å². The van der Waals surface area contributed by atoms with Crippen LogP contribution in [0.1, 0.15) is 31.1 Å². The van der Waals surface area contributed by atoms with E-state index in [0.717, 1.165) is 5.56 Å². The number of amides is 1. The van der Waals surface area contributed by atoms with Crippen molar-refractivity contribution in [3.63, 3.8) is 0 Å². The lowest BCUT2D eigenvalue weighted by Gasteiger charge is -2.33. The van der Waals surface area contributed by atoms with Crippen LogP contribution >= 0.6 is 0 Å². The Morgan fingerprint density at radius 1 is 1.30 bits per heavy atom. The molecule has 110 valence electrons. The fourth-order valence-electron chi connectivity index (χ4n) is 2.47. The summed E-state index contributed by atoms with van der Waals surface area (Å²) in [7, 11) is -3.17. The fraction of sp³-hybridized carbons (Fsp3) is 0.533. The molecular weight excluding hydrogens is 274 g/mol. The molecule has 1 aliphatic rings. The van der Waals surface area contributed by atoms with Gasteiger partial charge in [0.25, 0.3) is 0 Å². The van der Waals surface area contributed by atoms with E-state index in [9.17, 15) is 13.2 Å². The van der Waals surface area contributed by atoms with E-state index >= 15 is 0 Å². The number of hydrogen-bond acceptors (Lipinski definition) is 3. The molecule has 1 aromatic rings. The van der Waals surface area contributed by atoms with Gasteiger partial charge in [0.1, 0.15) is 5.25 Å². The van der Waals surface area contributed by atoms with Gasteiger partial charge in [0, 0.05) is 19.5 Å². The second-order valence-electron chi connectivity index (χ2n) is 5.70. The maximum atomic E-state index is 12.2. The van der Waals surface area contributed by atoms with Gasteiger partial charge in [0.05, 0.1) is 5.75 Å². The normalized spacial score (nSPS) is 21.9. The largest absolute Gasteiger partial charge is 0.340 e. The summed E-state index contributed by atoms with van der Waals surface area (Å²) in [6.07, 6.45) is 0.474. The Kier molecular flexibility index (Phi) is 4.48. The third-order valence-corrected chi connectivity index (χ3v) is 5.61. The SMILES string of the molecule is CC(C)CC(=O)N1CCS(=O)(=O)C(c2ccccc2)C1. The molecule has 2 rings (SSSR count). The lowest BCUT2D eigenvalue weighted by molar-refractivity contribution is -0.131. The van der Waals surface area contributed by atoms with Gasteiger partial charge in [-0.15, -0.1) is 0 Å². The molecule has 1 aliphatic heterocycles.